The number of rotatable bonds is 5. The molecule has 0 spiro atoms. The topological polar surface area (TPSA) is 35.2 Å². The molecule has 2 N–H and O–H groups in total. The van der Waals surface area contributed by atoms with Gasteiger partial charge in [-0.15, -0.1) is 0 Å². The lowest BCUT2D eigenvalue weighted by atomic mass is 10.0. The number of halogens is 1. The van der Waals surface area contributed by atoms with Crippen LogP contribution in [0.25, 0.3) is 0 Å². The van der Waals surface area contributed by atoms with Crippen molar-refractivity contribution in [2.45, 2.75) is 32.9 Å². The third-order valence-electron chi connectivity index (χ3n) is 3.28. The molecule has 0 amide bonds. The maximum absolute atomic E-state index is 6.25. The standard InChI is InChI=1S/C17H20ClNO/c1-12(2)15-7-8-17(16(18)9-15)20-11-14-5-3-13(10-19)4-6-14/h3-9,12H,10-11,19H2,1-2H3. The first-order valence-electron chi connectivity index (χ1n) is 6.80. The van der Waals surface area contributed by atoms with Crippen molar-refractivity contribution in [2.24, 2.45) is 5.73 Å². The highest BCUT2D eigenvalue weighted by Gasteiger charge is 2.06. The normalized spacial score (nSPS) is 10.8. The molecule has 3 heteroatoms. The van der Waals surface area contributed by atoms with Gasteiger partial charge >= 0.3 is 0 Å². The van der Waals surface area contributed by atoms with Gasteiger partial charge in [0.15, 0.2) is 0 Å². The smallest absolute Gasteiger partial charge is 0.138 e. The van der Waals surface area contributed by atoms with E-state index >= 15 is 0 Å². The Bertz CT molecular complexity index is 564. The molecule has 0 aliphatic carbocycles. The predicted octanol–water partition coefficient (Wildman–Crippen LogP) is 4.50. The second-order valence-corrected chi connectivity index (χ2v) is 5.56. The highest BCUT2D eigenvalue weighted by Crippen LogP contribution is 2.29. The fourth-order valence-corrected chi connectivity index (χ4v) is 2.17. The first kappa shape index (κ1) is 14.9. The van der Waals surface area contributed by atoms with Crippen molar-refractivity contribution in [3.63, 3.8) is 0 Å². The summed E-state index contributed by atoms with van der Waals surface area (Å²) in [5, 5.41) is 0.662. The Balaban J connectivity index is 2.03. The predicted molar refractivity (Wildman–Crippen MR) is 84.2 cm³/mol. The van der Waals surface area contributed by atoms with Crippen LogP contribution in [0.2, 0.25) is 5.02 Å². The van der Waals surface area contributed by atoms with E-state index in [2.05, 4.69) is 19.9 Å². The maximum Gasteiger partial charge on any atom is 0.138 e. The molecule has 0 saturated carbocycles. The molecule has 2 rings (SSSR count). The zero-order valence-electron chi connectivity index (χ0n) is 11.9. The molecule has 0 fully saturated rings. The second-order valence-electron chi connectivity index (χ2n) is 5.15. The van der Waals surface area contributed by atoms with Crippen molar-refractivity contribution in [3.05, 3.63) is 64.2 Å². The van der Waals surface area contributed by atoms with Gasteiger partial charge in [-0.2, -0.15) is 0 Å². The highest BCUT2D eigenvalue weighted by atomic mass is 35.5. The van der Waals surface area contributed by atoms with E-state index in [0.717, 1.165) is 16.9 Å². The average molecular weight is 290 g/mol. The van der Waals surface area contributed by atoms with Gasteiger partial charge in [0, 0.05) is 6.54 Å². The maximum atomic E-state index is 6.25. The van der Waals surface area contributed by atoms with Gasteiger partial charge in [0.1, 0.15) is 12.4 Å². The van der Waals surface area contributed by atoms with Crippen molar-refractivity contribution in [2.75, 3.05) is 0 Å². The van der Waals surface area contributed by atoms with E-state index < -0.39 is 0 Å². The van der Waals surface area contributed by atoms with Crippen LogP contribution in [0.5, 0.6) is 5.75 Å². The Morgan fingerprint density at radius 1 is 1.05 bits per heavy atom. The highest BCUT2D eigenvalue weighted by molar-refractivity contribution is 6.32. The number of hydrogen-bond donors (Lipinski definition) is 1. The van der Waals surface area contributed by atoms with Crippen LogP contribution in [-0.4, -0.2) is 0 Å². The van der Waals surface area contributed by atoms with Crippen LogP contribution < -0.4 is 10.5 Å². The summed E-state index contributed by atoms with van der Waals surface area (Å²) in [5.41, 5.74) is 9.01. The van der Waals surface area contributed by atoms with Gasteiger partial charge in [0.05, 0.1) is 5.02 Å². The van der Waals surface area contributed by atoms with E-state index in [1.165, 1.54) is 5.56 Å². The summed E-state index contributed by atoms with van der Waals surface area (Å²) in [6.45, 7) is 5.35. The van der Waals surface area contributed by atoms with Crippen LogP contribution in [0.4, 0.5) is 0 Å². The van der Waals surface area contributed by atoms with Crippen molar-refractivity contribution in [3.8, 4) is 5.75 Å². The van der Waals surface area contributed by atoms with Crippen molar-refractivity contribution < 1.29 is 4.74 Å². The average Bonchev–Trinajstić information content (AvgIpc) is 2.46. The molecule has 0 radical (unpaired) electrons. The van der Waals surface area contributed by atoms with E-state index in [1.54, 1.807) is 0 Å². The first-order chi connectivity index (χ1) is 9.60. The van der Waals surface area contributed by atoms with Gasteiger partial charge in [0.2, 0.25) is 0 Å². The Labute approximate surface area is 125 Å². The molecule has 0 saturated heterocycles. The number of hydrogen-bond acceptors (Lipinski definition) is 2. The Kier molecular flexibility index (Phi) is 5.05. The molecule has 20 heavy (non-hydrogen) atoms. The van der Waals surface area contributed by atoms with Crippen LogP contribution >= 0.6 is 11.6 Å². The van der Waals surface area contributed by atoms with Gasteiger partial charge in [-0.25, -0.2) is 0 Å². The molecule has 0 aliphatic heterocycles. The van der Waals surface area contributed by atoms with E-state index in [1.807, 2.05) is 36.4 Å². The van der Waals surface area contributed by atoms with E-state index in [-0.39, 0.29) is 0 Å². The van der Waals surface area contributed by atoms with E-state index in [0.29, 0.717) is 24.1 Å². The van der Waals surface area contributed by atoms with Crippen LogP contribution in [0, 0.1) is 0 Å². The summed E-state index contributed by atoms with van der Waals surface area (Å²) < 4.78 is 5.77. The van der Waals surface area contributed by atoms with Gasteiger partial charge in [0.25, 0.3) is 0 Å². The summed E-state index contributed by atoms with van der Waals surface area (Å²) in [4.78, 5) is 0. The molecule has 0 aromatic heterocycles. The Morgan fingerprint density at radius 3 is 2.25 bits per heavy atom. The molecule has 0 atom stereocenters. The zero-order chi connectivity index (χ0) is 14.5. The van der Waals surface area contributed by atoms with Crippen molar-refractivity contribution >= 4 is 11.6 Å². The Hall–Kier alpha value is -1.51. The third-order valence-corrected chi connectivity index (χ3v) is 3.57. The van der Waals surface area contributed by atoms with Gasteiger partial charge in [-0.05, 0) is 34.7 Å². The fraction of sp³-hybridized carbons (Fsp3) is 0.294. The molecular weight excluding hydrogens is 270 g/mol. The minimum absolute atomic E-state index is 0.463. The summed E-state index contributed by atoms with van der Waals surface area (Å²) in [7, 11) is 0. The summed E-state index contributed by atoms with van der Waals surface area (Å²) in [6, 6.07) is 14.1. The summed E-state index contributed by atoms with van der Waals surface area (Å²) in [6.07, 6.45) is 0. The minimum Gasteiger partial charge on any atom is -0.487 e. The number of nitrogens with two attached hydrogens (primary N) is 1. The number of benzene rings is 2. The van der Waals surface area contributed by atoms with E-state index in [4.69, 9.17) is 22.1 Å². The second kappa shape index (κ2) is 6.78. The third kappa shape index (κ3) is 3.75. The lowest BCUT2D eigenvalue weighted by molar-refractivity contribution is 0.306. The van der Waals surface area contributed by atoms with Gasteiger partial charge in [-0.3, -0.25) is 0 Å². The quantitative estimate of drug-likeness (QED) is 0.879. The molecule has 2 nitrogen and oxygen atoms in total. The lowest BCUT2D eigenvalue weighted by Gasteiger charge is -2.11. The zero-order valence-corrected chi connectivity index (χ0v) is 12.7. The largest absolute Gasteiger partial charge is 0.487 e. The molecule has 0 heterocycles. The lowest BCUT2D eigenvalue weighted by Crippen LogP contribution is -1.99. The SMILES string of the molecule is CC(C)c1ccc(OCc2ccc(CN)cc2)c(Cl)c1. The van der Waals surface area contributed by atoms with Gasteiger partial charge in [-0.1, -0.05) is 55.8 Å². The minimum atomic E-state index is 0.463. The van der Waals surface area contributed by atoms with Gasteiger partial charge < -0.3 is 10.5 Å². The van der Waals surface area contributed by atoms with Crippen LogP contribution in [-0.2, 0) is 13.2 Å². The molecular formula is C17H20ClNO. The van der Waals surface area contributed by atoms with Crippen LogP contribution in [0.3, 0.4) is 0 Å². The summed E-state index contributed by atoms with van der Waals surface area (Å²) >= 11 is 6.25. The van der Waals surface area contributed by atoms with Crippen LogP contribution in [0.15, 0.2) is 42.5 Å². The fourth-order valence-electron chi connectivity index (χ4n) is 1.93. The molecule has 2 aromatic carbocycles. The van der Waals surface area contributed by atoms with Crippen LogP contribution in [0.1, 0.15) is 36.5 Å². The Morgan fingerprint density at radius 2 is 1.70 bits per heavy atom. The molecule has 106 valence electrons. The van der Waals surface area contributed by atoms with Crippen molar-refractivity contribution in [1.29, 1.82) is 0 Å². The molecule has 0 unspecified atom stereocenters. The van der Waals surface area contributed by atoms with Crippen molar-refractivity contribution in [1.82, 2.24) is 0 Å². The molecule has 0 aliphatic rings. The first-order valence-corrected chi connectivity index (χ1v) is 7.18. The number of ether oxygens (including phenoxy) is 1. The van der Waals surface area contributed by atoms with E-state index in [9.17, 15) is 0 Å². The molecule has 0 bridgehead atoms. The summed E-state index contributed by atoms with van der Waals surface area (Å²) in [5.74, 6) is 1.18. The monoisotopic (exact) mass is 289 g/mol. The molecule has 2 aromatic rings.